The monoisotopic (exact) mass is 297 g/mol. The molecule has 0 N–H and O–H groups in total. The molecule has 0 saturated carbocycles. The van der Waals surface area contributed by atoms with Gasteiger partial charge in [0.1, 0.15) is 0 Å². The summed E-state index contributed by atoms with van der Waals surface area (Å²) in [5.41, 5.74) is 4.95. The van der Waals surface area contributed by atoms with Crippen molar-refractivity contribution in [1.82, 2.24) is 0 Å². The van der Waals surface area contributed by atoms with Gasteiger partial charge in [0.25, 0.3) is 0 Å². The number of aliphatic imine (C=N–C) groups is 1. The SMILES string of the molecule is CBc1ccccc1/C=N/C(c1ccccc1)c1ccccc1. The van der Waals surface area contributed by atoms with Crippen molar-refractivity contribution in [2.24, 2.45) is 4.99 Å². The molecule has 0 radical (unpaired) electrons. The molecule has 0 aliphatic carbocycles. The number of nitrogens with zero attached hydrogens (tertiary/aromatic N) is 1. The highest BCUT2D eigenvalue weighted by molar-refractivity contribution is 6.53. The maximum atomic E-state index is 4.92. The van der Waals surface area contributed by atoms with Gasteiger partial charge in [0, 0.05) is 6.21 Å². The van der Waals surface area contributed by atoms with Crippen LogP contribution in [0.15, 0.2) is 89.9 Å². The van der Waals surface area contributed by atoms with Gasteiger partial charge < -0.3 is 0 Å². The van der Waals surface area contributed by atoms with E-state index in [2.05, 4.69) is 79.6 Å². The zero-order chi connectivity index (χ0) is 15.9. The van der Waals surface area contributed by atoms with Gasteiger partial charge in [0.15, 0.2) is 7.28 Å². The molecule has 0 aromatic heterocycles. The number of hydrogen-bond acceptors (Lipinski definition) is 1. The van der Waals surface area contributed by atoms with Crippen LogP contribution in [0.4, 0.5) is 0 Å². The van der Waals surface area contributed by atoms with Gasteiger partial charge in [-0.1, -0.05) is 97.2 Å². The molecule has 0 atom stereocenters. The fraction of sp³-hybridized carbons (Fsp3) is 0.0952. The molecule has 3 aromatic carbocycles. The predicted octanol–water partition coefficient (Wildman–Crippen LogP) is 4.01. The third-order valence-corrected chi connectivity index (χ3v) is 4.03. The standard InChI is InChI=1S/C21H20BN/c1-22-20-15-9-8-14-19(20)16-23-21(17-10-4-2-5-11-17)18-12-6-3-7-13-18/h2-16,21-22H,1H3/b23-16+. The summed E-state index contributed by atoms with van der Waals surface area (Å²) >= 11 is 0. The van der Waals surface area contributed by atoms with Crippen molar-refractivity contribution in [2.45, 2.75) is 12.9 Å². The van der Waals surface area contributed by atoms with Crippen molar-refractivity contribution in [3.05, 3.63) is 102 Å². The van der Waals surface area contributed by atoms with Crippen molar-refractivity contribution in [3.8, 4) is 0 Å². The summed E-state index contributed by atoms with van der Waals surface area (Å²) < 4.78 is 0. The maximum absolute atomic E-state index is 4.92. The summed E-state index contributed by atoms with van der Waals surface area (Å²) in [6.45, 7) is 2.18. The highest BCUT2D eigenvalue weighted by atomic mass is 14.8. The summed E-state index contributed by atoms with van der Waals surface area (Å²) in [5, 5.41) is 0. The molecule has 0 aliphatic heterocycles. The van der Waals surface area contributed by atoms with Gasteiger partial charge in [0.2, 0.25) is 0 Å². The first-order valence-electron chi connectivity index (χ1n) is 8.09. The number of rotatable bonds is 5. The lowest BCUT2D eigenvalue weighted by molar-refractivity contribution is 0.878. The second-order valence-corrected chi connectivity index (χ2v) is 5.55. The van der Waals surface area contributed by atoms with Gasteiger partial charge in [-0.3, -0.25) is 4.99 Å². The summed E-state index contributed by atoms with van der Waals surface area (Å²) in [7, 11) is 1.02. The van der Waals surface area contributed by atoms with E-state index in [1.165, 1.54) is 22.2 Å². The first-order chi connectivity index (χ1) is 11.4. The Morgan fingerprint density at radius 2 is 1.26 bits per heavy atom. The first-order valence-corrected chi connectivity index (χ1v) is 8.09. The highest BCUT2D eigenvalue weighted by Crippen LogP contribution is 2.25. The van der Waals surface area contributed by atoms with E-state index in [0.29, 0.717) is 0 Å². The first kappa shape index (κ1) is 15.3. The fourth-order valence-electron chi connectivity index (χ4n) is 2.77. The quantitative estimate of drug-likeness (QED) is 0.498. The van der Waals surface area contributed by atoms with E-state index < -0.39 is 0 Å². The molecule has 0 unspecified atom stereocenters. The average Bonchev–Trinajstić information content (AvgIpc) is 2.64. The molecular formula is C21H20BN. The van der Waals surface area contributed by atoms with Crippen LogP contribution in [0.1, 0.15) is 22.7 Å². The Labute approximate surface area is 139 Å². The minimum atomic E-state index is 0.0299. The zero-order valence-corrected chi connectivity index (χ0v) is 13.4. The maximum Gasteiger partial charge on any atom is 0.155 e. The van der Waals surface area contributed by atoms with Crippen LogP contribution in [0.25, 0.3) is 0 Å². The van der Waals surface area contributed by atoms with Gasteiger partial charge in [0.05, 0.1) is 6.04 Å². The normalized spacial score (nSPS) is 11.0. The zero-order valence-electron chi connectivity index (χ0n) is 13.4. The van der Waals surface area contributed by atoms with Gasteiger partial charge in [-0.25, -0.2) is 0 Å². The smallest absolute Gasteiger partial charge is 0.155 e. The highest BCUT2D eigenvalue weighted by Gasteiger charge is 2.11. The molecule has 0 saturated heterocycles. The molecule has 3 rings (SSSR count). The van der Waals surface area contributed by atoms with Crippen molar-refractivity contribution in [1.29, 1.82) is 0 Å². The second-order valence-electron chi connectivity index (χ2n) is 5.55. The van der Waals surface area contributed by atoms with Gasteiger partial charge in [-0.05, 0) is 16.7 Å². The van der Waals surface area contributed by atoms with Crippen LogP contribution in [-0.2, 0) is 0 Å². The summed E-state index contributed by atoms with van der Waals surface area (Å²) in [6, 6.07) is 29.4. The van der Waals surface area contributed by atoms with Crippen LogP contribution < -0.4 is 5.46 Å². The lowest BCUT2D eigenvalue weighted by Gasteiger charge is -2.14. The topological polar surface area (TPSA) is 12.4 Å². The second kappa shape index (κ2) is 7.60. The van der Waals surface area contributed by atoms with Crippen LogP contribution in [0, 0.1) is 0 Å². The third-order valence-electron chi connectivity index (χ3n) is 4.03. The van der Waals surface area contributed by atoms with Crippen LogP contribution in [0.3, 0.4) is 0 Å². The van der Waals surface area contributed by atoms with Crippen LogP contribution in [-0.4, -0.2) is 13.5 Å². The van der Waals surface area contributed by atoms with E-state index in [1.54, 1.807) is 0 Å². The molecule has 0 amide bonds. The van der Waals surface area contributed by atoms with Crippen molar-refractivity contribution in [2.75, 3.05) is 0 Å². The van der Waals surface area contributed by atoms with E-state index in [1.807, 2.05) is 18.3 Å². The fourth-order valence-corrected chi connectivity index (χ4v) is 2.77. The Hall–Kier alpha value is -2.61. The molecule has 2 heteroatoms. The molecule has 3 aromatic rings. The van der Waals surface area contributed by atoms with E-state index in [9.17, 15) is 0 Å². The Balaban J connectivity index is 1.98. The minimum Gasteiger partial charge on any atom is -0.280 e. The number of hydrogen-bond donors (Lipinski definition) is 0. The van der Waals surface area contributed by atoms with Crippen molar-refractivity contribution in [3.63, 3.8) is 0 Å². The molecule has 0 heterocycles. The Kier molecular flexibility index (Phi) is 5.05. The van der Waals surface area contributed by atoms with Crippen LogP contribution in [0.2, 0.25) is 6.82 Å². The Bertz CT molecular complexity index is 727. The minimum absolute atomic E-state index is 0.0299. The van der Waals surface area contributed by atoms with Crippen molar-refractivity contribution < 1.29 is 0 Å². The molecule has 0 fully saturated rings. The molecule has 0 aliphatic rings. The summed E-state index contributed by atoms with van der Waals surface area (Å²) in [6.07, 6.45) is 2.02. The lowest BCUT2D eigenvalue weighted by Crippen LogP contribution is -2.16. The van der Waals surface area contributed by atoms with Gasteiger partial charge >= 0.3 is 0 Å². The molecule has 0 bridgehead atoms. The molecule has 1 nitrogen and oxygen atoms in total. The summed E-state index contributed by atoms with van der Waals surface area (Å²) in [4.78, 5) is 4.92. The van der Waals surface area contributed by atoms with Crippen LogP contribution >= 0.6 is 0 Å². The molecular weight excluding hydrogens is 277 g/mol. The molecule has 23 heavy (non-hydrogen) atoms. The van der Waals surface area contributed by atoms with E-state index >= 15 is 0 Å². The van der Waals surface area contributed by atoms with Gasteiger partial charge in [-0.2, -0.15) is 0 Å². The van der Waals surface area contributed by atoms with Crippen molar-refractivity contribution >= 4 is 19.0 Å². The predicted molar refractivity (Wildman–Crippen MR) is 101 cm³/mol. The molecule has 112 valence electrons. The van der Waals surface area contributed by atoms with E-state index in [4.69, 9.17) is 4.99 Å². The molecule has 0 spiro atoms. The lowest BCUT2D eigenvalue weighted by atomic mass is 9.71. The van der Waals surface area contributed by atoms with E-state index in [0.717, 1.165) is 7.28 Å². The largest absolute Gasteiger partial charge is 0.280 e. The van der Waals surface area contributed by atoms with Crippen LogP contribution in [0.5, 0.6) is 0 Å². The van der Waals surface area contributed by atoms with E-state index in [-0.39, 0.29) is 6.04 Å². The Morgan fingerprint density at radius 1 is 0.739 bits per heavy atom. The average molecular weight is 297 g/mol. The third kappa shape index (κ3) is 3.78. The Morgan fingerprint density at radius 3 is 1.83 bits per heavy atom. The summed E-state index contributed by atoms with van der Waals surface area (Å²) in [5.74, 6) is 0. The van der Waals surface area contributed by atoms with Gasteiger partial charge in [-0.15, -0.1) is 0 Å². The number of benzene rings is 3.